The molecule has 0 aromatic carbocycles. The smallest absolute Gasteiger partial charge is 0.481 e. The molecule has 44 heavy (non-hydrogen) atoms. The van der Waals surface area contributed by atoms with Gasteiger partial charge in [-0.05, 0) is 51.6 Å². The van der Waals surface area contributed by atoms with Crippen molar-refractivity contribution in [3.8, 4) is 0 Å². The number of carboxylic acids is 2. The Bertz CT molecular complexity index is 709. The number of carboxylic acid groups (broad SMARTS) is 2. The molecule has 0 bridgehead atoms. The first-order chi connectivity index (χ1) is 21.1. The van der Waals surface area contributed by atoms with Gasteiger partial charge < -0.3 is 34.1 Å². The molecule has 2 atom stereocenters. The van der Waals surface area contributed by atoms with Crippen LogP contribution in [0.25, 0.3) is 0 Å². The summed E-state index contributed by atoms with van der Waals surface area (Å²) in [7, 11) is 0. The van der Waals surface area contributed by atoms with Gasteiger partial charge in [0.1, 0.15) is 25.4 Å². The zero-order chi connectivity index (χ0) is 33.0. The maximum Gasteiger partial charge on any atom is 0.508 e. The topological polar surface area (TPSA) is 152 Å². The molecule has 0 saturated carbocycles. The number of nitrogens with zero attached hydrogens (tertiary/aromatic N) is 2. The Labute approximate surface area is 264 Å². The van der Waals surface area contributed by atoms with Crippen LogP contribution in [-0.2, 0) is 28.5 Å². The van der Waals surface area contributed by atoms with Gasteiger partial charge in [-0.1, -0.05) is 66.2 Å². The van der Waals surface area contributed by atoms with E-state index in [0.717, 1.165) is 71.0 Å². The minimum absolute atomic E-state index is 0.0675. The summed E-state index contributed by atoms with van der Waals surface area (Å²) in [6.07, 6.45) is 6.91. The van der Waals surface area contributed by atoms with Crippen LogP contribution < -0.4 is 0 Å². The molecule has 0 radical (unpaired) electrons. The van der Waals surface area contributed by atoms with Crippen molar-refractivity contribution in [2.75, 3.05) is 52.5 Å². The number of rotatable bonds is 29. The van der Waals surface area contributed by atoms with E-state index in [1.165, 1.54) is 0 Å². The highest BCUT2D eigenvalue weighted by Gasteiger charge is 2.19. The van der Waals surface area contributed by atoms with E-state index in [1.807, 2.05) is 4.90 Å². The molecule has 0 heterocycles. The average molecular weight is 633 g/mol. The highest BCUT2D eigenvalue weighted by atomic mass is 16.7. The molecule has 0 fully saturated rings. The fraction of sp³-hybridized carbons (Fsp3) is 0.875. The SMILES string of the molecule is CCCCCCC(CCC(=O)O)OC(=O)OCCN(CCOC(=O)OC(CCCCCC)CCC(=O)O)CCN(CC)CC. The van der Waals surface area contributed by atoms with Gasteiger partial charge in [-0.15, -0.1) is 0 Å². The van der Waals surface area contributed by atoms with Crippen molar-refractivity contribution in [2.45, 2.75) is 130 Å². The summed E-state index contributed by atoms with van der Waals surface area (Å²) >= 11 is 0. The second-order valence-electron chi connectivity index (χ2n) is 11.1. The lowest BCUT2D eigenvalue weighted by atomic mass is 10.1. The highest BCUT2D eigenvalue weighted by Crippen LogP contribution is 2.15. The molecule has 12 heteroatoms. The lowest BCUT2D eigenvalue weighted by Crippen LogP contribution is -2.39. The van der Waals surface area contributed by atoms with Gasteiger partial charge in [-0.3, -0.25) is 14.5 Å². The number of hydrogen-bond acceptors (Lipinski definition) is 10. The van der Waals surface area contributed by atoms with Crippen molar-refractivity contribution < 1.29 is 48.3 Å². The van der Waals surface area contributed by atoms with Gasteiger partial charge in [0.25, 0.3) is 0 Å². The van der Waals surface area contributed by atoms with Crippen molar-refractivity contribution in [1.82, 2.24) is 9.80 Å². The van der Waals surface area contributed by atoms with Crippen LogP contribution in [0.4, 0.5) is 9.59 Å². The Morgan fingerprint density at radius 2 is 0.955 bits per heavy atom. The highest BCUT2D eigenvalue weighted by molar-refractivity contribution is 5.67. The van der Waals surface area contributed by atoms with Gasteiger partial charge in [0.15, 0.2) is 0 Å². The number of likely N-dealkylation sites (N-methyl/N-ethyl adjacent to an activating group) is 1. The van der Waals surface area contributed by atoms with Crippen LogP contribution in [0.15, 0.2) is 0 Å². The summed E-state index contributed by atoms with van der Waals surface area (Å²) in [5.74, 6) is -1.86. The minimum Gasteiger partial charge on any atom is -0.481 e. The number of aliphatic carboxylic acids is 2. The second-order valence-corrected chi connectivity index (χ2v) is 11.1. The average Bonchev–Trinajstić information content (AvgIpc) is 2.98. The third-order valence-electron chi connectivity index (χ3n) is 7.53. The predicted molar refractivity (Wildman–Crippen MR) is 168 cm³/mol. The van der Waals surface area contributed by atoms with Crippen LogP contribution in [-0.4, -0.2) is 109 Å². The number of hydrogen-bond donors (Lipinski definition) is 2. The van der Waals surface area contributed by atoms with Crippen LogP contribution in [0.5, 0.6) is 0 Å². The monoisotopic (exact) mass is 632 g/mol. The molecule has 0 aliphatic heterocycles. The maximum absolute atomic E-state index is 12.4. The Hall–Kier alpha value is -2.60. The van der Waals surface area contributed by atoms with Crippen LogP contribution in [0.1, 0.15) is 118 Å². The Balaban J connectivity index is 4.88. The molecule has 0 spiro atoms. The molecule has 12 nitrogen and oxygen atoms in total. The molecular formula is C32H60N2O10. The van der Waals surface area contributed by atoms with Gasteiger partial charge in [0, 0.05) is 39.0 Å². The molecule has 0 rings (SSSR count). The van der Waals surface area contributed by atoms with Crippen LogP contribution in [0.2, 0.25) is 0 Å². The fourth-order valence-corrected chi connectivity index (χ4v) is 4.71. The van der Waals surface area contributed by atoms with E-state index in [9.17, 15) is 19.2 Å². The number of carbonyl (C=O) groups is 4. The second kappa shape index (κ2) is 27.9. The summed E-state index contributed by atoms with van der Waals surface area (Å²) in [5, 5.41) is 18.1. The first kappa shape index (κ1) is 41.4. The molecule has 0 amide bonds. The Kier molecular flexibility index (Phi) is 26.3. The number of unbranched alkanes of at least 4 members (excludes halogenated alkanes) is 6. The summed E-state index contributed by atoms with van der Waals surface area (Å²) in [6.45, 7) is 12.5. The maximum atomic E-state index is 12.4. The molecular weight excluding hydrogens is 572 g/mol. The largest absolute Gasteiger partial charge is 0.508 e. The molecule has 0 saturated heterocycles. The lowest BCUT2D eigenvalue weighted by Gasteiger charge is -2.26. The van der Waals surface area contributed by atoms with Gasteiger partial charge >= 0.3 is 24.2 Å². The van der Waals surface area contributed by atoms with Crippen LogP contribution in [0.3, 0.4) is 0 Å². The van der Waals surface area contributed by atoms with E-state index < -0.39 is 36.5 Å². The lowest BCUT2D eigenvalue weighted by molar-refractivity contribution is -0.138. The van der Waals surface area contributed by atoms with E-state index in [4.69, 9.17) is 29.2 Å². The normalized spacial score (nSPS) is 12.6. The zero-order valence-electron chi connectivity index (χ0n) is 27.8. The fourth-order valence-electron chi connectivity index (χ4n) is 4.71. The first-order valence-corrected chi connectivity index (χ1v) is 16.7. The summed E-state index contributed by atoms with van der Waals surface area (Å²) in [6, 6.07) is 0. The first-order valence-electron chi connectivity index (χ1n) is 16.7. The quantitative estimate of drug-likeness (QED) is 0.0698. The molecule has 258 valence electrons. The Morgan fingerprint density at radius 3 is 1.32 bits per heavy atom. The van der Waals surface area contributed by atoms with Crippen molar-refractivity contribution in [3.05, 3.63) is 0 Å². The van der Waals surface area contributed by atoms with Gasteiger partial charge in [-0.25, -0.2) is 9.59 Å². The molecule has 0 aromatic heterocycles. The van der Waals surface area contributed by atoms with E-state index >= 15 is 0 Å². The van der Waals surface area contributed by atoms with Crippen molar-refractivity contribution in [1.29, 1.82) is 0 Å². The molecule has 0 aliphatic carbocycles. The molecule has 0 aromatic rings. The molecule has 2 unspecified atom stereocenters. The number of carbonyl (C=O) groups excluding carboxylic acids is 2. The minimum atomic E-state index is -0.932. The zero-order valence-corrected chi connectivity index (χ0v) is 27.8. The number of ether oxygens (including phenoxy) is 4. The van der Waals surface area contributed by atoms with Crippen molar-refractivity contribution in [3.63, 3.8) is 0 Å². The van der Waals surface area contributed by atoms with Gasteiger partial charge in [-0.2, -0.15) is 0 Å². The van der Waals surface area contributed by atoms with Crippen LogP contribution >= 0.6 is 0 Å². The van der Waals surface area contributed by atoms with E-state index in [2.05, 4.69) is 32.6 Å². The summed E-state index contributed by atoms with van der Waals surface area (Å²) in [5.41, 5.74) is 0. The third-order valence-corrected chi connectivity index (χ3v) is 7.53. The summed E-state index contributed by atoms with van der Waals surface area (Å²) < 4.78 is 21.6. The van der Waals surface area contributed by atoms with Crippen molar-refractivity contribution >= 4 is 24.2 Å². The van der Waals surface area contributed by atoms with E-state index in [0.29, 0.717) is 32.5 Å². The van der Waals surface area contributed by atoms with E-state index in [-0.39, 0.29) is 38.9 Å². The van der Waals surface area contributed by atoms with Crippen LogP contribution in [0, 0.1) is 0 Å². The molecule has 2 N–H and O–H groups in total. The van der Waals surface area contributed by atoms with Gasteiger partial charge in [0.2, 0.25) is 0 Å². The standard InChI is InChI=1S/C32H60N2O10/c1-5-9-11-13-15-27(17-19-29(35)36)43-31(39)41-25-23-34(22-21-33(7-3)8-4)24-26-42-32(40)44-28(18-20-30(37)38)16-14-12-10-6-2/h27-28H,5-26H2,1-4H3,(H,35,36)(H,37,38). The third kappa shape index (κ3) is 24.8. The summed E-state index contributed by atoms with van der Waals surface area (Å²) in [4.78, 5) is 51.1. The predicted octanol–water partition coefficient (Wildman–Crippen LogP) is 6.34. The molecule has 0 aliphatic rings. The van der Waals surface area contributed by atoms with Crippen molar-refractivity contribution in [2.24, 2.45) is 0 Å². The van der Waals surface area contributed by atoms with E-state index in [1.54, 1.807) is 0 Å². The Morgan fingerprint density at radius 1 is 0.545 bits per heavy atom. The van der Waals surface area contributed by atoms with Gasteiger partial charge in [0.05, 0.1) is 0 Å².